The number of methoxy groups -OCH3 is 2. The van der Waals surface area contributed by atoms with E-state index in [1.165, 1.54) is 38.5 Å². The van der Waals surface area contributed by atoms with Crippen LogP contribution in [0.1, 0.15) is 18.6 Å². The Balaban J connectivity index is 2.37. The molecule has 0 bridgehead atoms. The summed E-state index contributed by atoms with van der Waals surface area (Å²) in [5.74, 6) is 0.651. The smallest absolute Gasteiger partial charge is 0.262 e. The Morgan fingerprint density at radius 3 is 2.17 bits per heavy atom. The SMILES string of the molecule is COc1cc(OC)c(NS(=O)(=O)c2ccc(C(C)O)cc2)cc1Cl. The first kappa shape index (κ1) is 18.4. The van der Waals surface area contributed by atoms with E-state index in [1.54, 1.807) is 19.1 Å². The van der Waals surface area contributed by atoms with E-state index in [1.807, 2.05) is 0 Å². The van der Waals surface area contributed by atoms with Gasteiger partial charge in [-0.1, -0.05) is 23.7 Å². The molecule has 0 fully saturated rings. The predicted molar refractivity (Wildman–Crippen MR) is 92.4 cm³/mol. The Kier molecular flexibility index (Phi) is 5.58. The van der Waals surface area contributed by atoms with Crippen molar-refractivity contribution in [1.82, 2.24) is 0 Å². The van der Waals surface area contributed by atoms with Crippen LogP contribution in [0.15, 0.2) is 41.3 Å². The van der Waals surface area contributed by atoms with Gasteiger partial charge in [-0.3, -0.25) is 4.72 Å². The number of rotatable bonds is 6. The van der Waals surface area contributed by atoms with Gasteiger partial charge in [0.2, 0.25) is 0 Å². The average Bonchev–Trinajstić information content (AvgIpc) is 2.55. The van der Waals surface area contributed by atoms with Crippen molar-refractivity contribution in [1.29, 1.82) is 0 Å². The van der Waals surface area contributed by atoms with Crippen molar-refractivity contribution >= 4 is 27.3 Å². The number of hydrogen-bond donors (Lipinski definition) is 2. The number of aliphatic hydroxyl groups excluding tert-OH is 1. The van der Waals surface area contributed by atoms with Crippen molar-refractivity contribution in [2.75, 3.05) is 18.9 Å². The van der Waals surface area contributed by atoms with Crippen LogP contribution in [0, 0.1) is 0 Å². The molecule has 0 aliphatic carbocycles. The fourth-order valence-electron chi connectivity index (χ4n) is 2.07. The maximum atomic E-state index is 12.5. The molecule has 130 valence electrons. The van der Waals surface area contributed by atoms with Crippen molar-refractivity contribution < 1.29 is 23.0 Å². The zero-order chi connectivity index (χ0) is 17.9. The molecule has 0 saturated heterocycles. The first-order chi connectivity index (χ1) is 11.3. The van der Waals surface area contributed by atoms with E-state index >= 15 is 0 Å². The topological polar surface area (TPSA) is 84.9 Å². The molecule has 2 rings (SSSR count). The summed E-state index contributed by atoms with van der Waals surface area (Å²) in [5, 5.41) is 9.74. The predicted octanol–water partition coefficient (Wildman–Crippen LogP) is 3.21. The van der Waals surface area contributed by atoms with E-state index in [2.05, 4.69) is 4.72 Å². The van der Waals surface area contributed by atoms with Crippen LogP contribution in [-0.4, -0.2) is 27.7 Å². The van der Waals surface area contributed by atoms with Gasteiger partial charge in [0.05, 0.1) is 35.9 Å². The number of anilines is 1. The summed E-state index contributed by atoms with van der Waals surface area (Å²) in [5.41, 5.74) is 0.821. The molecule has 0 saturated carbocycles. The average molecular weight is 372 g/mol. The molecule has 2 N–H and O–H groups in total. The maximum Gasteiger partial charge on any atom is 0.262 e. The first-order valence-electron chi connectivity index (χ1n) is 7.01. The lowest BCUT2D eigenvalue weighted by Gasteiger charge is -2.14. The van der Waals surface area contributed by atoms with Crippen LogP contribution in [0.25, 0.3) is 0 Å². The molecule has 0 heterocycles. The van der Waals surface area contributed by atoms with Gasteiger partial charge in [0.25, 0.3) is 10.0 Å². The lowest BCUT2D eigenvalue weighted by Crippen LogP contribution is -2.14. The van der Waals surface area contributed by atoms with Crippen LogP contribution in [0.5, 0.6) is 11.5 Å². The Bertz CT molecular complexity index is 819. The second kappa shape index (κ2) is 7.29. The van der Waals surface area contributed by atoms with Crippen LogP contribution in [0.3, 0.4) is 0 Å². The van der Waals surface area contributed by atoms with Gasteiger partial charge in [0.1, 0.15) is 11.5 Å². The highest BCUT2D eigenvalue weighted by Gasteiger charge is 2.19. The largest absolute Gasteiger partial charge is 0.495 e. The second-order valence-electron chi connectivity index (χ2n) is 5.04. The summed E-state index contributed by atoms with van der Waals surface area (Å²) in [6, 6.07) is 8.86. The molecule has 2 aromatic carbocycles. The monoisotopic (exact) mass is 371 g/mol. The minimum atomic E-state index is -3.84. The van der Waals surface area contributed by atoms with Gasteiger partial charge in [-0.05, 0) is 30.7 Å². The summed E-state index contributed by atoms with van der Waals surface area (Å²) in [6.45, 7) is 1.60. The highest BCUT2D eigenvalue weighted by atomic mass is 35.5. The zero-order valence-corrected chi connectivity index (χ0v) is 15.0. The van der Waals surface area contributed by atoms with Gasteiger partial charge in [-0.25, -0.2) is 8.42 Å². The molecule has 8 heteroatoms. The van der Waals surface area contributed by atoms with E-state index in [0.717, 1.165) is 0 Å². The van der Waals surface area contributed by atoms with Crippen molar-refractivity contribution in [3.05, 3.63) is 47.0 Å². The van der Waals surface area contributed by atoms with E-state index in [9.17, 15) is 13.5 Å². The van der Waals surface area contributed by atoms with Crippen LogP contribution in [-0.2, 0) is 10.0 Å². The number of sulfonamides is 1. The number of halogens is 1. The lowest BCUT2D eigenvalue weighted by atomic mass is 10.1. The molecular formula is C16H18ClNO5S. The summed E-state index contributed by atoms with van der Waals surface area (Å²) in [4.78, 5) is 0.0564. The quantitative estimate of drug-likeness (QED) is 0.814. The van der Waals surface area contributed by atoms with Gasteiger partial charge in [-0.15, -0.1) is 0 Å². The summed E-state index contributed by atoms with van der Waals surface area (Å²) in [6.07, 6.45) is -0.671. The molecule has 0 amide bonds. The Morgan fingerprint density at radius 1 is 1.08 bits per heavy atom. The highest BCUT2D eigenvalue weighted by Crippen LogP contribution is 2.36. The van der Waals surface area contributed by atoms with E-state index in [-0.39, 0.29) is 21.4 Å². The third-order valence-electron chi connectivity index (χ3n) is 3.39. The fourth-order valence-corrected chi connectivity index (χ4v) is 3.37. The minimum Gasteiger partial charge on any atom is -0.495 e. The maximum absolute atomic E-state index is 12.5. The molecule has 0 spiro atoms. The number of hydrogen-bond acceptors (Lipinski definition) is 5. The molecular weight excluding hydrogens is 354 g/mol. The molecule has 2 aromatic rings. The minimum absolute atomic E-state index is 0.0564. The summed E-state index contributed by atoms with van der Waals surface area (Å²) < 4.78 is 37.7. The number of aliphatic hydroxyl groups is 1. The number of ether oxygens (including phenoxy) is 2. The number of nitrogens with one attached hydrogen (secondary N) is 1. The third-order valence-corrected chi connectivity index (χ3v) is 5.07. The van der Waals surface area contributed by atoms with Gasteiger partial charge in [0, 0.05) is 6.07 Å². The van der Waals surface area contributed by atoms with Crippen molar-refractivity contribution in [2.24, 2.45) is 0 Å². The summed E-state index contributed by atoms with van der Waals surface area (Å²) >= 11 is 6.05. The fraction of sp³-hybridized carbons (Fsp3) is 0.250. The first-order valence-corrected chi connectivity index (χ1v) is 8.87. The third kappa shape index (κ3) is 3.92. The van der Waals surface area contributed by atoms with Crippen molar-refractivity contribution in [3.8, 4) is 11.5 Å². The normalized spacial score (nSPS) is 12.5. The van der Waals surface area contributed by atoms with Gasteiger partial charge >= 0.3 is 0 Å². The van der Waals surface area contributed by atoms with E-state index < -0.39 is 16.1 Å². The van der Waals surface area contributed by atoms with Crippen LogP contribution < -0.4 is 14.2 Å². The Labute approximate surface area is 146 Å². The van der Waals surface area contributed by atoms with Gasteiger partial charge in [-0.2, -0.15) is 0 Å². The lowest BCUT2D eigenvalue weighted by molar-refractivity contribution is 0.199. The molecule has 0 aliphatic rings. The zero-order valence-electron chi connectivity index (χ0n) is 13.4. The van der Waals surface area contributed by atoms with Gasteiger partial charge in [0.15, 0.2) is 0 Å². The van der Waals surface area contributed by atoms with Crippen molar-refractivity contribution in [3.63, 3.8) is 0 Å². The second-order valence-corrected chi connectivity index (χ2v) is 7.13. The summed E-state index contributed by atoms with van der Waals surface area (Å²) in [7, 11) is -0.969. The molecule has 0 aromatic heterocycles. The molecule has 0 radical (unpaired) electrons. The van der Waals surface area contributed by atoms with E-state index in [4.69, 9.17) is 21.1 Å². The van der Waals surface area contributed by atoms with Crippen molar-refractivity contribution in [2.45, 2.75) is 17.9 Å². The molecule has 0 aliphatic heterocycles. The van der Waals surface area contributed by atoms with Gasteiger partial charge < -0.3 is 14.6 Å². The molecule has 6 nitrogen and oxygen atoms in total. The number of benzene rings is 2. The molecule has 1 atom stereocenters. The standard InChI is InChI=1S/C16H18ClNO5S/c1-10(19)11-4-6-12(7-5-11)24(20,21)18-14-8-13(17)15(22-2)9-16(14)23-3/h4-10,18-19H,1-3H3. The van der Waals surface area contributed by atoms with Crippen LogP contribution >= 0.6 is 11.6 Å². The highest BCUT2D eigenvalue weighted by molar-refractivity contribution is 7.92. The molecule has 1 unspecified atom stereocenters. The van der Waals surface area contributed by atoms with E-state index in [0.29, 0.717) is 11.3 Å². The Hall–Kier alpha value is -1.96. The molecule has 24 heavy (non-hydrogen) atoms. The van der Waals surface area contributed by atoms with Crippen LogP contribution in [0.2, 0.25) is 5.02 Å². The van der Waals surface area contributed by atoms with Crippen LogP contribution in [0.4, 0.5) is 5.69 Å². The Morgan fingerprint density at radius 2 is 1.67 bits per heavy atom.